The van der Waals surface area contributed by atoms with Crippen LogP contribution in [0.25, 0.3) is 6.08 Å². The molecule has 0 aliphatic rings. The largest absolute Gasteiger partial charge is 0.508 e. The molecule has 0 radical (unpaired) electrons. The standard InChI is InChI=1S/C20H27N3O.C8H8O/c1-20(2,3)17-11-10-15(13-18(17)21-4)22-19(24)14-8-7-9-16(12-14)23(5)6;1-2-7-3-5-8(9)6-4-7/h7-13,21H,1-6H3,(H,22,24);2-6,9H,1H2. The van der Waals surface area contributed by atoms with Crippen LogP contribution in [0.4, 0.5) is 17.1 Å². The number of phenols is 1. The molecular weight excluding hydrogens is 410 g/mol. The minimum atomic E-state index is -0.107. The maximum absolute atomic E-state index is 12.5. The van der Waals surface area contributed by atoms with Gasteiger partial charge in [0, 0.05) is 43.8 Å². The normalized spacial score (nSPS) is 10.5. The number of carbonyl (C=O) groups is 1. The quantitative estimate of drug-likeness (QED) is 0.426. The predicted molar refractivity (Wildman–Crippen MR) is 142 cm³/mol. The van der Waals surface area contributed by atoms with Gasteiger partial charge in [0.1, 0.15) is 5.75 Å². The summed E-state index contributed by atoms with van der Waals surface area (Å²) in [5.41, 5.74) is 5.75. The van der Waals surface area contributed by atoms with E-state index >= 15 is 0 Å². The molecule has 0 bridgehead atoms. The molecule has 3 aromatic carbocycles. The summed E-state index contributed by atoms with van der Waals surface area (Å²) in [5.74, 6) is 0.185. The van der Waals surface area contributed by atoms with Crippen LogP contribution < -0.4 is 15.5 Å². The summed E-state index contributed by atoms with van der Waals surface area (Å²) < 4.78 is 0. The van der Waals surface area contributed by atoms with Crippen LogP contribution >= 0.6 is 0 Å². The number of benzene rings is 3. The number of anilines is 3. The summed E-state index contributed by atoms with van der Waals surface area (Å²) in [7, 11) is 5.82. The maximum Gasteiger partial charge on any atom is 0.255 e. The van der Waals surface area contributed by atoms with Crippen molar-refractivity contribution in [3.8, 4) is 5.75 Å². The number of amides is 1. The first kappa shape index (κ1) is 25.5. The number of nitrogens with zero attached hydrogens (tertiary/aromatic N) is 1. The predicted octanol–water partition coefficient (Wildman–Crippen LogP) is 6.38. The molecule has 0 aromatic heterocycles. The van der Waals surface area contributed by atoms with Gasteiger partial charge in [0.25, 0.3) is 5.91 Å². The molecule has 174 valence electrons. The fraction of sp³-hybridized carbons (Fsp3) is 0.250. The zero-order valence-electron chi connectivity index (χ0n) is 20.4. The van der Waals surface area contributed by atoms with Crippen LogP contribution in [0.1, 0.15) is 42.3 Å². The Hall–Kier alpha value is -3.73. The highest BCUT2D eigenvalue weighted by atomic mass is 16.3. The molecule has 3 rings (SSSR count). The lowest BCUT2D eigenvalue weighted by Gasteiger charge is -2.23. The molecule has 0 aliphatic carbocycles. The Morgan fingerprint density at radius 3 is 2.21 bits per heavy atom. The third kappa shape index (κ3) is 7.42. The summed E-state index contributed by atoms with van der Waals surface area (Å²) >= 11 is 0. The number of hydrogen-bond donors (Lipinski definition) is 3. The van der Waals surface area contributed by atoms with Gasteiger partial charge in [-0.3, -0.25) is 4.79 Å². The molecule has 33 heavy (non-hydrogen) atoms. The van der Waals surface area contributed by atoms with E-state index in [0.29, 0.717) is 11.3 Å². The minimum Gasteiger partial charge on any atom is -0.508 e. The molecule has 0 unspecified atom stereocenters. The summed E-state index contributed by atoms with van der Waals surface area (Å²) in [4.78, 5) is 14.5. The molecule has 0 heterocycles. The van der Waals surface area contributed by atoms with E-state index in [1.807, 2.05) is 74.6 Å². The lowest BCUT2D eigenvalue weighted by molar-refractivity contribution is 0.102. The maximum atomic E-state index is 12.5. The van der Waals surface area contributed by atoms with E-state index in [-0.39, 0.29) is 11.3 Å². The van der Waals surface area contributed by atoms with Gasteiger partial charge in [0.15, 0.2) is 0 Å². The van der Waals surface area contributed by atoms with E-state index in [4.69, 9.17) is 5.11 Å². The van der Waals surface area contributed by atoms with Crippen LogP contribution in [-0.4, -0.2) is 32.2 Å². The zero-order chi connectivity index (χ0) is 24.6. The van der Waals surface area contributed by atoms with E-state index in [0.717, 1.165) is 22.6 Å². The molecule has 0 spiro atoms. The monoisotopic (exact) mass is 445 g/mol. The van der Waals surface area contributed by atoms with Crippen molar-refractivity contribution < 1.29 is 9.90 Å². The number of phenolic OH excluding ortho intramolecular Hbond substituents is 1. The van der Waals surface area contributed by atoms with Crippen LogP contribution in [0, 0.1) is 0 Å². The summed E-state index contributed by atoms with van der Waals surface area (Å²) in [6.07, 6.45) is 1.74. The second kappa shape index (κ2) is 11.2. The summed E-state index contributed by atoms with van der Waals surface area (Å²) in [6, 6.07) is 20.5. The number of aromatic hydroxyl groups is 1. The highest BCUT2D eigenvalue weighted by Crippen LogP contribution is 2.31. The Kier molecular flexibility index (Phi) is 8.69. The molecule has 0 saturated carbocycles. The molecular formula is C28H35N3O2. The van der Waals surface area contributed by atoms with E-state index in [1.165, 1.54) is 5.56 Å². The van der Waals surface area contributed by atoms with Gasteiger partial charge in [-0.2, -0.15) is 0 Å². The molecule has 0 atom stereocenters. The van der Waals surface area contributed by atoms with Gasteiger partial charge in [-0.15, -0.1) is 0 Å². The van der Waals surface area contributed by atoms with Crippen molar-refractivity contribution in [1.29, 1.82) is 0 Å². The second-order valence-electron chi connectivity index (χ2n) is 8.95. The van der Waals surface area contributed by atoms with Crippen molar-refractivity contribution in [3.63, 3.8) is 0 Å². The molecule has 1 amide bonds. The molecule has 0 saturated heterocycles. The van der Waals surface area contributed by atoms with E-state index in [2.05, 4.69) is 44.1 Å². The zero-order valence-corrected chi connectivity index (χ0v) is 20.4. The van der Waals surface area contributed by atoms with Gasteiger partial charge >= 0.3 is 0 Å². The Morgan fingerprint density at radius 2 is 1.67 bits per heavy atom. The van der Waals surface area contributed by atoms with Crippen molar-refractivity contribution in [1.82, 2.24) is 0 Å². The average molecular weight is 446 g/mol. The number of hydrogen-bond acceptors (Lipinski definition) is 4. The SMILES string of the molecule is C=Cc1ccc(O)cc1.CNc1cc(NC(=O)c2cccc(N(C)C)c2)ccc1C(C)(C)C. The Labute approximate surface area is 197 Å². The van der Waals surface area contributed by atoms with Crippen LogP contribution in [0.15, 0.2) is 73.3 Å². The number of rotatable bonds is 5. The highest BCUT2D eigenvalue weighted by molar-refractivity contribution is 6.05. The van der Waals surface area contributed by atoms with Crippen LogP contribution in [0.2, 0.25) is 0 Å². The minimum absolute atomic E-state index is 0.0426. The van der Waals surface area contributed by atoms with Gasteiger partial charge in [-0.05, 0) is 59.0 Å². The highest BCUT2D eigenvalue weighted by Gasteiger charge is 2.18. The topological polar surface area (TPSA) is 64.6 Å². The first-order chi connectivity index (χ1) is 15.5. The van der Waals surface area contributed by atoms with Gasteiger partial charge < -0.3 is 20.6 Å². The molecule has 0 aliphatic heterocycles. The Balaban J connectivity index is 0.000000357. The first-order valence-corrected chi connectivity index (χ1v) is 10.9. The van der Waals surface area contributed by atoms with Gasteiger partial charge in [-0.1, -0.05) is 57.7 Å². The third-order valence-corrected chi connectivity index (χ3v) is 5.11. The van der Waals surface area contributed by atoms with E-state index < -0.39 is 0 Å². The number of carbonyl (C=O) groups excluding carboxylic acids is 1. The second-order valence-corrected chi connectivity index (χ2v) is 8.95. The smallest absolute Gasteiger partial charge is 0.255 e. The van der Waals surface area contributed by atoms with E-state index in [9.17, 15) is 4.79 Å². The van der Waals surface area contributed by atoms with Gasteiger partial charge in [-0.25, -0.2) is 0 Å². The fourth-order valence-corrected chi connectivity index (χ4v) is 3.22. The van der Waals surface area contributed by atoms with E-state index in [1.54, 1.807) is 18.2 Å². The molecule has 5 nitrogen and oxygen atoms in total. The molecule has 3 aromatic rings. The van der Waals surface area contributed by atoms with Crippen molar-refractivity contribution in [2.75, 3.05) is 36.7 Å². The van der Waals surface area contributed by atoms with Crippen molar-refractivity contribution >= 4 is 29.0 Å². The van der Waals surface area contributed by atoms with Crippen LogP contribution in [-0.2, 0) is 5.41 Å². The van der Waals surface area contributed by atoms with Crippen molar-refractivity contribution in [3.05, 3.63) is 90.0 Å². The Bertz CT molecular complexity index is 1080. The van der Waals surface area contributed by atoms with Gasteiger partial charge in [0.05, 0.1) is 0 Å². The molecule has 0 fully saturated rings. The average Bonchev–Trinajstić information content (AvgIpc) is 2.79. The first-order valence-electron chi connectivity index (χ1n) is 10.9. The molecule has 3 N–H and O–H groups in total. The van der Waals surface area contributed by atoms with Crippen LogP contribution in [0.5, 0.6) is 5.75 Å². The fourth-order valence-electron chi connectivity index (χ4n) is 3.22. The van der Waals surface area contributed by atoms with Gasteiger partial charge in [0.2, 0.25) is 0 Å². The summed E-state index contributed by atoms with van der Waals surface area (Å²) in [6.45, 7) is 10.1. The number of nitrogens with one attached hydrogen (secondary N) is 2. The lowest BCUT2D eigenvalue weighted by Crippen LogP contribution is -2.16. The lowest BCUT2D eigenvalue weighted by atomic mass is 9.85. The summed E-state index contributed by atoms with van der Waals surface area (Å²) in [5, 5.41) is 15.0. The van der Waals surface area contributed by atoms with Crippen LogP contribution in [0.3, 0.4) is 0 Å². The third-order valence-electron chi connectivity index (χ3n) is 5.11. The van der Waals surface area contributed by atoms with Crippen molar-refractivity contribution in [2.24, 2.45) is 0 Å². The molecule has 5 heteroatoms. The van der Waals surface area contributed by atoms with Crippen molar-refractivity contribution in [2.45, 2.75) is 26.2 Å². The Morgan fingerprint density at radius 1 is 1.00 bits per heavy atom.